The topological polar surface area (TPSA) is 150 Å². The Hall–Kier alpha value is -3.86. The maximum absolute atomic E-state index is 12.8. The third-order valence-electron chi connectivity index (χ3n) is 4.39. The molecule has 3 N–H and O–H groups in total. The Kier molecular flexibility index (Phi) is 6.25. The number of hydrogen-bond acceptors (Lipinski definition) is 7. The number of nitrogens with zero attached hydrogens (tertiary/aromatic N) is 1. The van der Waals surface area contributed by atoms with Crippen molar-refractivity contribution in [3.8, 4) is 5.75 Å². The van der Waals surface area contributed by atoms with E-state index >= 15 is 0 Å². The van der Waals surface area contributed by atoms with E-state index in [9.17, 15) is 29.1 Å². The molecular formula is C20H16N2O8S. The van der Waals surface area contributed by atoms with Gasteiger partial charge in [0.25, 0.3) is 5.24 Å². The predicted octanol–water partition coefficient (Wildman–Crippen LogP) is 2.69. The van der Waals surface area contributed by atoms with Crippen molar-refractivity contribution >= 4 is 52.1 Å². The summed E-state index contributed by atoms with van der Waals surface area (Å²) < 4.78 is 5.18. The van der Waals surface area contributed by atoms with Crippen LogP contribution in [0.2, 0.25) is 0 Å². The Morgan fingerprint density at radius 1 is 1.10 bits per heavy atom. The number of ether oxygens (including phenoxy) is 1. The molecule has 3 amide bonds. The molecule has 1 atom stereocenters. The highest BCUT2D eigenvalue weighted by Crippen LogP contribution is 2.38. The molecule has 0 radical (unpaired) electrons. The number of amides is 3. The van der Waals surface area contributed by atoms with Gasteiger partial charge in [0.2, 0.25) is 11.8 Å². The summed E-state index contributed by atoms with van der Waals surface area (Å²) in [7, 11) is 1.40. The van der Waals surface area contributed by atoms with Gasteiger partial charge >= 0.3 is 11.9 Å². The van der Waals surface area contributed by atoms with Crippen molar-refractivity contribution in [2.75, 3.05) is 17.3 Å². The van der Waals surface area contributed by atoms with E-state index in [0.717, 1.165) is 23.1 Å². The standard InChI is InChI=1S/C20H16N2O8S/c1-30-14-5-3-2-4-13(14)22-17(24)15(31-20(22)29)9-16(23)21-12-8-10(18(25)26)6-7-11(12)19(27)28/h2-8,15H,9H2,1H3,(H,21,23)(H,25,26)(H,27,28). The highest BCUT2D eigenvalue weighted by atomic mass is 32.2. The molecule has 1 unspecified atom stereocenters. The molecule has 2 aromatic rings. The normalized spacial score (nSPS) is 15.6. The van der Waals surface area contributed by atoms with E-state index in [2.05, 4.69) is 5.32 Å². The number of rotatable bonds is 7. The van der Waals surface area contributed by atoms with Crippen molar-refractivity contribution in [3.63, 3.8) is 0 Å². The molecule has 0 spiro atoms. The van der Waals surface area contributed by atoms with Crippen LogP contribution in [0, 0.1) is 0 Å². The van der Waals surface area contributed by atoms with Gasteiger partial charge in [-0.2, -0.15) is 0 Å². The van der Waals surface area contributed by atoms with Gasteiger partial charge < -0.3 is 20.3 Å². The third kappa shape index (κ3) is 4.51. The zero-order chi connectivity index (χ0) is 22.7. The number of thioether (sulfide) groups is 1. The lowest BCUT2D eigenvalue weighted by Gasteiger charge is -2.17. The second-order valence-corrected chi connectivity index (χ2v) is 7.49. The summed E-state index contributed by atoms with van der Waals surface area (Å²) in [4.78, 5) is 61.1. The first kappa shape index (κ1) is 21.8. The molecule has 1 aliphatic rings. The molecule has 160 valence electrons. The number of carbonyl (C=O) groups excluding carboxylic acids is 3. The van der Waals surface area contributed by atoms with Crippen molar-refractivity contribution in [1.29, 1.82) is 0 Å². The second-order valence-electron chi connectivity index (χ2n) is 6.34. The lowest BCUT2D eigenvalue weighted by molar-refractivity contribution is -0.121. The van der Waals surface area contributed by atoms with Crippen molar-refractivity contribution in [3.05, 3.63) is 53.6 Å². The summed E-state index contributed by atoms with van der Waals surface area (Å²) in [6.45, 7) is 0. The average molecular weight is 444 g/mol. The van der Waals surface area contributed by atoms with Crippen LogP contribution in [-0.2, 0) is 9.59 Å². The van der Waals surface area contributed by atoms with E-state index in [4.69, 9.17) is 9.84 Å². The number of imide groups is 1. The van der Waals surface area contributed by atoms with E-state index in [-0.39, 0.29) is 22.5 Å². The van der Waals surface area contributed by atoms with E-state index in [1.54, 1.807) is 18.2 Å². The minimum atomic E-state index is -1.36. The molecule has 1 aliphatic heterocycles. The Balaban J connectivity index is 1.78. The van der Waals surface area contributed by atoms with Gasteiger partial charge in [-0.15, -0.1) is 0 Å². The van der Waals surface area contributed by atoms with E-state index in [0.29, 0.717) is 17.5 Å². The Morgan fingerprint density at radius 3 is 2.45 bits per heavy atom. The fourth-order valence-electron chi connectivity index (χ4n) is 2.96. The van der Waals surface area contributed by atoms with Crippen LogP contribution >= 0.6 is 11.8 Å². The minimum Gasteiger partial charge on any atom is -0.495 e. The molecule has 31 heavy (non-hydrogen) atoms. The van der Waals surface area contributed by atoms with Gasteiger partial charge in [-0.25, -0.2) is 14.5 Å². The highest BCUT2D eigenvalue weighted by molar-refractivity contribution is 8.15. The molecule has 3 rings (SSSR count). The first-order valence-corrected chi connectivity index (χ1v) is 9.69. The number of nitrogens with one attached hydrogen (secondary N) is 1. The van der Waals surface area contributed by atoms with Gasteiger partial charge in [0.1, 0.15) is 11.0 Å². The lowest BCUT2D eigenvalue weighted by atomic mass is 10.1. The van der Waals surface area contributed by atoms with Crippen molar-refractivity contribution in [2.24, 2.45) is 0 Å². The molecule has 1 fully saturated rings. The first-order chi connectivity index (χ1) is 14.7. The minimum absolute atomic E-state index is 0.218. The smallest absolute Gasteiger partial charge is 0.337 e. The molecule has 1 heterocycles. The number of aromatic carboxylic acids is 2. The summed E-state index contributed by atoms with van der Waals surface area (Å²) in [5, 5.41) is 19.1. The molecule has 1 saturated heterocycles. The van der Waals surface area contributed by atoms with Crippen LogP contribution in [0.1, 0.15) is 27.1 Å². The molecular weight excluding hydrogens is 428 g/mol. The number of hydrogen-bond donors (Lipinski definition) is 3. The first-order valence-electron chi connectivity index (χ1n) is 8.81. The number of carboxylic acid groups (broad SMARTS) is 2. The lowest BCUT2D eigenvalue weighted by Crippen LogP contribution is -2.33. The number of methoxy groups -OCH3 is 1. The Bertz CT molecular complexity index is 1100. The number of benzene rings is 2. The fraction of sp³-hybridized carbons (Fsp3) is 0.150. The predicted molar refractivity (Wildman–Crippen MR) is 111 cm³/mol. The summed E-state index contributed by atoms with van der Waals surface area (Å²) >= 11 is 0.664. The SMILES string of the molecule is COc1ccccc1N1C(=O)SC(CC(=O)Nc2cc(C(=O)O)ccc2C(=O)O)C1=O. The van der Waals surface area contributed by atoms with Crippen LogP contribution in [0.15, 0.2) is 42.5 Å². The molecule has 10 nitrogen and oxygen atoms in total. The van der Waals surface area contributed by atoms with Gasteiger partial charge in [-0.05, 0) is 42.1 Å². The summed E-state index contributed by atoms with van der Waals surface area (Å²) in [5.74, 6) is -3.72. The summed E-state index contributed by atoms with van der Waals surface area (Å²) in [6.07, 6.45) is -0.419. The van der Waals surface area contributed by atoms with Gasteiger partial charge in [-0.3, -0.25) is 14.4 Å². The highest BCUT2D eigenvalue weighted by Gasteiger charge is 2.42. The zero-order valence-electron chi connectivity index (χ0n) is 16.0. The van der Waals surface area contributed by atoms with Crippen LogP contribution in [0.25, 0.3) is 0 Å². The van der Waals surface area contributed by atoms with E-state index < -0.39 is 40.7 Å². The fourth-order valence-corrected chi connectivity index (χ4v) is 3.93. The maximum Gasteiger partial charge on any atom is 0.337 e. The van der Waals surface area contributed by atoms with Crippen LogP contribution in [-0.4, -0.2) is 51.6 Å². The van der Waals surface area contributed by atoms with Crippen molar-refractivity contribution < 1.29 is 38.9 Å². The number of anilines is 2. The third-order valence-corrected chi connectivity index (χ3v) is 5.43. The van der Waals surface area contributed by atoms with Crippen LogP contribution in [0.5, 0.6) is 5.75 Å². The van der Waals surface area contributed by atoms with Gasteiger partial charge in [0.15, 0.2) is 0 Å². The van der Waals surface area contributed by atoms with E-state index in [1.807, 2.05) is 0 Å². The summed E-state index contributed by atoms with van der Waals surface area (Å²) in [6, 6.07) is 9.60. The molecule has 11 heteroatoms. The zero-order valence-corrected chi connectivity index (χ0v) is 16.8. The average Bonchev–Trinajstić information content (AvgIpc) is 3.00. The number of para-hydroxylation sites is 2. The Labute approximate surface area is 179 Å². The van der Waals surface area contributed by atoms with Gasteiger partial charge in [0.05, 0.1) is 29.6 Å². The second kappa shape index (κ2) is 8.88. The number of carbonyl (C=O) groups is 5. The Morgan fingerprint density at radius 2 is 1.81 bits per heavy atom. The van der Waals surface area contributed by atoms with Gasteiger partial charge in [0, 0.05) is 6.42 Å². The van der Waals surface area contributed by atoms with E-state index in [1.165, 1.54) is 13.2 Å². The molecule has 0 aliphatic carbocycles. The molecule has 0 saturated carbocycles. The monoisotopic (exact) mass is 444 g/mol. The van der Waals surface area contributed by atoms with Crippen LogP contribution in [0.3, 0.4) is 0 Å². The molecule has 2 aromatic carbocycles. The van der Waals surface area contributed by atoms with Crippen LogP contribution in [0.4, 0.5) is 16.2 Å². The maximum atomic E-state index is 12.8. The van der Waals surface area contributed by atoms with Crippen molar-refractivity contribution in [2.45, 2.75) is 11.7 Å². The largest absolute Gasteiger partial charge is 0.495 e. The quantitative estimate of drug-likeness (QED) is 0.585. The molecule has 0 aromatic heterocycles. The summed E-state index contributed by atoms with van der Waals surface area (Å²) in [5.41, 5.74) is -0.502. The number of carboxylic acids is 2. The van der Waals surface area contributed by atoms with Crippen molar-refractivity contribution in [1.82, 2.24) is 0 Å². The molecule has 0 bridgehead atoms. The van der Waals surface area contributed by atoms with Gasteiger partial charge in [-0.1, -0.05) is 12.1 Å². The van der Waals surface area contributed by atoms with Crippen LogP contribution < -0.4 is 15.0 Å².